The molecule has 2 fully saturated rings. The normalized spacial score (nSPS) is 30.2. The van der Waals surface area contributed by atoms with E-state index in [1.54, 1.807) is 0 Å². The lowest BCUT2D eigenvalue weighted by atomic mass is 9.94. The zero-order valence-corrected chi connectivity index (χ0v) is 10.6. The van der Waals surface area contributed by atoms with Crippen molar-refractivity contribution in [1.82, 2.24) is 10.2 Å². The Morgan fingerprint density at radius 1 is 1.12 bits per heavy atom. The van der Waals surface area contributed by atoms with Gasteiger partial charge in [-0.25, -0.2) is 0 Å². The van der Waals surface area contributed by atoms with Gasteiger partial charge in [-0.3, -0.25) is 0 Å². The maximum Gasteiger partial charge on any atom is 0.0480 e. The van der Waals surface area contributed by atoms with Crippen LogP contribution in [0, 0.1) is 5.92 Å². The number of rotatable bonds is 3. The van der Waals surface area contributed by atoms with Gasteiger partial charge < -0.3 is 15.0 Å². The molecule has 0 aromatic carbocycles. The van der Waals surface area contributed by atoms with E-state index in [-0.39, 0.29) is 0 Å². The fourth-order valence-electron chi connectivity index (χ4n) is 3.06. The summed E-state index contributed by atoms with van der Waals surface area (Å²) in [6.07, 6.45) is 6.59. The van der Waals surface area contributed by atoms with Gasteiger partial charge in [-0.05, 0) is 64.7 Å². The molecule has 0 amide bonds. The van der Waals surface area contributed by atoms with Gasteiger partial charge >= 0.3 is 0 Å². The second-order valence-corrected chi connectivity index (χ2v) is 5.23. The number of nitrogens with one attached hydrogen (secondary N) is 1. The van der Waals surface area contributed by atoms with E-state index >= 15 is 0 Å². The molecule has 94 valence electrons. The highest BCUT2D eigenvalue weighted by molar-refractivity contribution is 4.80. The third-order valence-corrected chi connectivity index (χ3v) is 4.08. The summed E-state index contributed by atoms with van der Waals surface area (Å²) in [4.78, 5) is 2.71. The Kier molecular flexibility index (Phi) is 5.07. The molecule has 0 aromatic rings. The summed E-state index contributed by atoms with van der Waals surface area (Å²) in [6.45, 7) is 5.75. The quantitative estimate of drug-likeness (QED) is 0.789. The van der Waals surface area contributed by atoms with E-state index in [2.05, 4.69) is 17.3 Å². The molecule has 0 spiro atoms. The molecule has 0 radical (unpaired) electrons. The van der Waals surface area contributed by atoms with E-state index in [9.17, 15) is 0 Å². The minimum absolute atomic E-state index is 0.804. The maximum absolute atomic E-state index is 5.54. The van der Waals surface area contributed by atoms with Crippen molar-refractivity contribution in [3.8, 4) is 0 Å². The predicted octanol–water partition coefficient (Wildman–Crippen LogP) is 1.49. The van der Waals surface area contributed by atoms with Crippen LogP contribution < -0.4 is 5.32 Å². The molecule has 2 aliphatic heterocycles. The molecule has 2 saturated heterocycles. The molecule has 1 unspecified atom stereocenters. The van der Waals surface area contributed by atoms with Crippen LogP contribution in [0.15, 0.2) is 0 Å². The van der Waals surface area contributed by atoms with Crippen LogP contribution in [0.2, 0.25) is 0 Å². The Morgan fingerprint density at radius 3 is 2.69 bits per heavy atom. The summed E-state index contributed by atoms with van der Waals surface area (Å²) in [5.41, 5.74) is 0. The van der Waals surface area contributed by atoms with Crippen LogP contribution in [0.4, 0.5) is 0 Å². The van der Waals surface area contributed by atoms with Crippen LogP contribution in [0.1, 0.15) is 32.1 Å². The first-order valence-corrected chi connectivity index (χ1v) is 6.86. The van der Waals surface area contributed by atoms with E-state index in [4.69, 9.17) is 4.74 Å². The number of hydrogen-bond donors (Lipinski definition) is 1. The molecule has 0 aromatic heterocycles. The van der Waals surface area contributed by atoms with Crippen molar-refractivity contribution in [2.24, 2.45) is 5.92 Å². The molecule has 3 heteroatoms. The van der Waals surface area contributed by atoms with Crippen molar-refractivity contribution in [1.29, 1.82) is 0 Å². The number of likely N-dealkylation sites (tertiary alicyclic amines) is 1. The molecule has 1 atom stereocenters. The summed E-state index contributed by atoms with van der Waals surface area (Å²) in [7, 11) is 2.06. The summed E-state index contributed by atoms with van der Waals surface area (Å²) in [6, 6.07) is 0.804. The lowest BCUT2D eigenvalue weighted by molar-refractivity contribution is 0.106. The molecule has 2 heterocycles. The Morgan fingerprint density at radius 2 is 1.94 bits per heavy atom. The number of hydrogen-bond acceptors (Lipinski definition) is 3. The second-order valence-electron chi connectivity index (χ2n) is 5.23. The predicted molar refractivity (Wildman–Crippen MR) is 66.7 cm³/mol. The van der Waals surface area contributed by atoms with Crippen molar-refractivity contribution in [3.63, 3.8) is 0 Å². The summed E-state index contributed by atoms with van der Waals surface area (Å²) in [5.74, 6) is 0.906. The van der Waals surface area contributed by atoms with Gasteiger partial charge in [0.2, 0.25) is 0 Å². The van der Waals surface area contributed by atoms with Crippen molar-refractivity contribution in [3.05, 3.63) is 0 Å². The fourth-order valence-corrected chi connectivity index (χ4v) is 3.06. The highest BCUT2D eigenvalue weighted by Gasteiger charge is 2.25. The summed E-state index contributed by atoms with van der Waals surface area (Å²) in [5, 5.41) is 3.30. The zero-order valence-electron chi connectivity index (χ0n) is 10.6. The minimum atomic E-state index is 0.804. The van der Waals surface area contributed by atoms with E-state index in [0.717, 1.165) is 25.2 Å². The average molecular weight is 226 g/mol. The first-order valence-electron chi connectivity index (χ1n) is 6.86. The van der Waals surface area contributed by atoms with Crippen LogP contribution in [0.5, 0.6) is 0 Å². The molecule has 2 rings (SSSR count). The van der Waals surface area contributed by atoms with Gasteiger partial charge in [0.1, 0.15) is 0 Å². The molecule has 0 bridgehead atoms. The first-order chi connectivity index (χ1) is 7.90. The van der Waals surface area contributed by atoms with Gasteiger partial charge in [0.05, 0.1) is 0 Å². The highest BCUT2D eigenvalue weighted by Crippen LogP contribution is 2.22. The fraction of sp³-hybridized carbons (Fsp3) is 1.00. The Bertz CT molecular complexity index is 182. The number of piperidine rings is 1. The lowest BCUT2D eigenvalue weighted by Gasteiger charge is -2.37. The Labute approximate surface area is 99.5 Å². The topological polar surface area (TPSA) is 24.5 Å². The molecular weight excluding hydrogens is 200 g/mol. The van der Waals surface area contributed by atoms with Crippen LogP contribution in [-0.2, 0) is 4.74 Å². The molecule has 16 heavy (non-hydrogen) atoms. The monoisotopic (exact) mass is 226 g/mol. The van der Waals surface area contributed by atoms with Gasteiger partial charge in [-0.1, -0.05) is 0 Å². The summed E-state index contributed by atoms with van der Waals surface area (Å²) < 4.78 is 5.54. The molecule has 3 nitrogen and oxygen atoms in total. The molecule has 2 aliphatic rings. The van der Waals surface area contributed by atoms with Crippen molar-refractivity contribution in [2.75, 3.05) is 39.9 Å². The average Bonchev–Trinajstić information content (AvgIpc) is 2.59. The third-order valence-electron chi connectivity index (χ3n) is 4.08. The van der Waals surface area contributed by atoms with Gasteiger partial charge in [-0.15, -0.1) is 0 Å². The minimum Gasteiger partial charge on any atom is -0.381 e. The van der Waals surface area contributed by atoms with Crippen molar-refractivity contribution in [2.45, 2.75) is 38.1 Å². The standard InChI is InChI=1S/C13H26N2O/c1-14-11-12-4-7-15(8-5-12)13-3-2-9-16-10-6-13/h12-14H,2-11H2,1H3. The summed E-state index contributed by atoms with van der Waals surface area (Å²) >= 11 is 0. The van der Waals surface area contributed by atoms with Gasteiger partial charge in [-0.2, -0.15) is 0 Å². The van der Waals surface area contributed by atoms with Gasteiger partial charge in [0.25, 0.3) is 0 Å². The molecule has 0 saturated carbocycles. The zero-order chi connectivity index (χ0) is 11.2. The van der Waals surface area contributed by atoms with Gasteiger partial charge in [0, 0.05) is 19.3 Å². The van der Waals surface area contributed by atoms with E-state index < -0.39 is 0 Å². The van der Waals surface area contributed by atoms with Crippen LogP contribution >= 0.6 is 0 Å². The first kappa shape index (κ1) is 12.3. The molecule has 0 aliphatic carbocycles. The highest BCUT2D eigenvalue weighted by atomic mass is 16.5. The smallest absolute Gasteiger partial charge is 0.0480 e. The van der Waals surface area contributed by atoms with E-state index in [0.29, 0.717) is 0 Å². The van der Waals surface area contributed by atoms with Gasteiger partial charge in [0.15, 0.2) is 0 Å². The van der Waals surface area contributed by atoms with E-state index in [1.165, 1.54) is 51.7 Å². The third kappa shape index (κ3) is 3.44. The SMILES string of the molecule is CNCC1CCN(C2CCCOCC2)CC1. The molecular formula is C13H26N2O. The van der Waals surface area contributed by atoms with Crippen LogP contribution in [0.25, 0.3) is 0 Å². The number of ether oxygens (including phenoxy) is 1. The van der Waals surface area contributed by atoms with Crippen LogP contribution in [0.3, 0.4) is 0 Å². The van der Waals surface area contributed by atoms with E-state index in [1.807, 2.05) is 0 Å². The van der Waals surface area contributed by atoms with Crippen molar-refractivity contribution >= 4 is 0 Å². The Balaban J connectivity index is 1.74. The van der Waals surface area contributed by atoms with Crippen LogP contribution in [-0.4, -0.2) is 50.8 Å². The largest absolute Gasteiger partial charge is 0.381 e. The Hall–Kier alpha value is -0.120. The maximum atomic E-state index is 5.54. The second kappa shape index (κ2) is 6.58. The molecule has 1 N–H and O–H groups in total. The van der Waals surface area contributed by atoms with Crippen molar-refractivity contribution < 1.29 is 4.74 Å². The lowest BCUT2D eigenvalue weighted by Crippen LogP contribution is -2.43. The number of nitrogens with zero attached hydrogens (tertiary/aromatic N) is 1.